The third-order valence-corrected chi connectivity index (χ3v) is 2.75. The molecule has 2 rings (SSSR count). The summed E-state index contributed by atoms with van der Waals surface area (Å²) in [5, 5.41) is 0.731. The average Bonchev–Trinajstić information content (AvgIpc) is 2.58. The number of ether oxygens (including phenoxy) is 1. The van der Waals surface area contributed by atoms with Gasteiger partial charge in [-0.25, -0.2) is 0 Å². The van der Waals surface area contributed by atoms with E-state index in [1.165, 1.54) is 5.56 Å². The van der Waals surface area contributed by atoms with Crippen molar-refractivity contribution in [3.63, 3.8) is 0 Å². The third kappa shape index (κ3) is 1.93. The second-order valence-electron chi connectivity index (χ2n) is 3.60. The Balaban J connectivity index is 2.07. The normalized spacial score (nSPS) is 18.8. The molecule has 0 saturated carbocycles. The number of rotatable bonds is 3. The summed E-state index contributed by atoms with van der Waals surface area (Å²) in [6, 6.07) is 8.20. The van der Waals surface area contributed by atoms with E-state index in [-0.39, 0.29) is 0 Å². The summed E-state index contributed by atoms with van der Waals surface area (Å²) in [7, 11) is 0. The van der Waals surface area contributed by atoms with Crippen molar-refractivity contribution in [1.82, 2.24) is 0 Å². The zero-order valence-electron chi connectivity index (χ0n) is 8.00. The SMILES string of the molecule is C=C(Cl)CCC1COc2ccccc21. The van der Waals surface area contributed by atoms with Gasteiger partial charge in [0.25, 0.3) is 0 Å². The molecule has 1 aliphatic rings. The highest BCUT2D eigenvalue weighted by molar-refractivity contribution is 6.29. The molecule has 2 heteroatoms. The van der Waals surface area contributed by atoms with Crippen LogP contribution >= 0.6 is 11.6 Å². The highest BCUT2D eigenvalue weighted by Gasteiger charge is 2.22. The first kappa shape index (κ1) is 9.60. The lowest BCUT2D eigenvalue weighted by Crippen LogP contribution is -2.00. The van der Waals surface area contributed by atoms with Crippen LogP contribution in [0, 0.1) is 0 Å². The van der Waals surface area contributed by atoms with Crippen molar-refractivity contribution in [2.45, 2.75) is 18.8 Å². The summed E-state index contributed by atoms with van der Waals surface area (Å²) >= 11 is 5.75. The van der Waals surface area contributed by atoms with Crippen molar-refractivity contribution in [1.29, 1.82) is 0 Å². The van der Waals surface area contributed by atoms with Crippen LogP contribution in [0.25, 0.3) is 0 Å². The molecule has 0 fully saturated rings. The Morgan fingerprint density at radius 1 is 1.50 bits per heavy atom. The number of para-hydroxylation sites is 1. The maximum absolute atomic E-state index is 5.75. The van der Waals surface area contributed by atoms with Gasteiger partial charge in [0.2, 0.25) is 0 Å². The molecule has 1 heterocycles. The van der Waals surface area contributed by atoms with Gasteiger partial charge in [0.1, 0.15) is 5.75 Å². The predicted octanol–water partition coefficient (Wildman–Crippen LogP) is 3.70. The Kier molecular flexibility index (Phi) is 2.78. The molecule has 1 aromatic rings. The van der Waals surface area contributed by atoms with Crippen LogP contribution in [0.2, 0.25) is 0 Å². The molecular weight excluding hydrogens is 196 g/mol. The van der Waals surface area contributed by atoms with E-state index in [9.17, 15) is 0 Å². The minimum absolute atomic E-state index is 0.488. The number of hydrogen-bond acceptors (Lipinski definition) is 1. The fourth-order valence-electron chi connectivity index (χ4n) is 1.80. The molecule has 14 heavy (non-hydrogen) atoms. The molecule has 0 amide bonds. The molecule has 0 bridgehead atoms. The number of halogens is 1. The van der Waals surface area contributed by atoms with Crippen LogP contribution in [-0.4, -0.2) is 6.61 Å². The maximum atomic E-state index is 5.75. The van der Waals surface area contributed by atoms with Crippen LogP contribution < -0.4 is 4.74 Å². The second kappa shape index (κ2) is 4.05. The predicted molar refractivity (Wildman–Crippen MR) is 58.9 cm³/mol. The van der Waals surface area contributed by atoms with Gasteiger partial charge in [0.05, 0.1) is 6.61 Å². The standard InChI is InChI=1S/C12H13ClO/c1-9(13)6-7-10-8-14-12-5-3-2-4-11(10)12/h2-5,10H,1,6-8H2. The summed E-state index contributed by atoms with van der Waals surface area (Å²) in [5.41, 5.74) is 1.31. The van der Waals surface area contributed by atoms with E-state index in [0.29, 0.717) is 5.92 Å². The van der Waals surface area contributed by atoms with Crippen LogP contribution in [-0.2, 0) is 0 Å². The molecule has 0 radical (unpaired) electrons. The number of fused-ring (bicyclic) bond motifs is 1. The first-order valence-electron chi connectivity index (χ1n) is 4.82. The minimum Gasteiger partial charge on any atom is -0.493 e. The fourth-order valence-corrected chi connectivity index (χ4v) is 1.91. The van der Waals surface area contributed by atoms with E-state index in [4.69, 9.17) is 16.3 Å². The Morgan fingerprint density at radius 3 is 3.07 bits per heavy atom. The molecule has 1 atom stereocenters. The van der Waals surface area contributed by atoms with Crippen molar-refractivity contribution < 1.29 is 4.74 Å². The molecule has 1 aliphatic heterocycles. The Labute approximate surface area is 89.3 Å². The zero-order valence-corrected chi connectivity index (χ0v) is 8.76. The summed E-state index contributed by atoms with van der Waals surface area (Å²) in [5.74, 6) is 1.51. The van der Waals surface area contributed by atoms with Crippen molar-refractivity contribution in [2.75, 3.05) is 6.61 Å². The van der Waals surface area contributed by atoms with Crippen molar-refractivity contribution in [2.24, 2.45) is 0 Å². The van der Waals surface area contributed by atoms with Crippen molar-refractivity contribution in [3.8, 4) is 5.75 Å². The van der Waals surface area contributed by atoms with Crippen LogP contribution in [0.4, 0.5) is 0 Å². The summed E-state index contributed by atoms with van der Waals surface area (Å²) < 4.78 is 5.57. The molecule has 0 spiro atoms. The lowest BCUT2D eigenvalue weighted by Gasteiger charge is -2.06. The highest BCUT2D eigenvalue weighted by atomic mass is 35.5. The maximum Gasteiger partial charge on any atom is 0.122 e. The van der Waals surface area contributed by atoms with E-state index >= 15 is 0 Å². The van der Waals surface area contributed by atoms with Crippen molar-refractivity contribution >= 4 is 11.6 Å². The lowest BCUT2D eigenvalue weighted by atomic mass is 9.96. The lowest BCUT2D eigenvalue weighted by molar-refractivity contribution is 0.325. The average molecular weight is 209 g/mol. The molecule has 1 unspecified atom stereocenters. The quantitative estimate of drug-likeness (QED) is 0.736. The molecule has 0 N–H and O–H groups in total. The fraction of sp³-hybridized carbons (Fsp3) is 0.333. The van der Waals surface area contributed by atoms with E-state index in [0.717, 1.165) is 30.2 Å². The third-order valence-electron chi connectivity index (χ3n) is 2.56. The van der Waals surface area contributed by atoms with Crippen LogP contribution in [0.15, 0.2) is 35.9 Å². The molecule has 0 saturated heterocycles. The van der Waals surface area contributed by atoms with Gasteiger partial charge < -0.3 is 4.74 Å². The van der Waals surface area contributed by atoms with E-state index in [1.807, 2.05) is 12.1 Å². The molecule has 1 aromatic carbocycles. The van der Waals surface area contributed by atoms with Gasteiger partial charge in [0, 0.05) is 16.5 Å². The number of allylic oxidation sites excluding steroid dienone is 1. The minimum atomic E-state index is 0.488. The number of hydrogen-bond donors (Lipinski definition) is 0. The Hall–Kier alpha value is -0.950. The van der Waals surface area contributed by atoms with Gasteiger partial charge in [-0.1, -0.05) is 36.4 Å². The van der Waals surface area contributed by atoms with Gasteiger partial charge in [0.15, 0.2) is 0 Å². The zero-order chi connectivity index (χ0) is 9.97. The smallest absolute Gasteiger partial charge is 0.122 e. The van der Waals surface area contributed by atoms with E-state index in [2.05, 4.69) is 18.7 Å². The number of benzene rings is 1. The van der Waals surface area contributed by atoms with E-state index in [1.54, 1.807) is 0 Å². The van der Waals surface area contributed by atoms with Gasteiger partial charge in [-0.3, -0.25) is 0 Å². The van der Waals surface area contributed by atoms with Gasteiger partial charge in [-0.2, -0.15) is 0 Å². The van der Waals surface area contributed by atoms with Gasteiger partial charge in [-0.15, -0.1) is 0 Å². The molecular formula is C12H13ClO. The summed E-state index contributed by atoms with van der Waals surface area (Å²) in [6.07, 6.45) is 1.89. The summed E-state index contributed by atoms with van der Waals surface area (Å²) in [6.45, 7) is 4.48. The van der Waals surface area contributed by atoms with Crippen LogP contribution in [0.5, 0.6) is 5.75 Å². The van der Waals surface area contributed by atoms with Crippen LogP contribution in [0.1, 0.15) is 24.3 Å². The van der Waals surface area contributed by atoms with Gasteiger partial charge >= 0.3 is 0 Å². The Bertz CT molecular complexity index is 346. The largest absolute Gasteiger partial charge is 0.493 e. The topological polar surface area (TPSA) is 9.23 Å². The Morgan fingerprint density at radius 2 is 2.29 bits per heavy atom. The second-order valence-corrected chi connectivity index (χ2v) is 4.14. The molecule has 0 aromatic heterocycles. The van der Waals surface area contributed by atoms with Crippen LogP contribution in [0.3, 0.4) is 0 Å². The molecule has 1 nitrogen and oxygen atoms in total. The molecule has 74 valence electrons. The van der Waals surface area contributed by atoms with Crippen molar-refractivity contribution in [3.05, 3.63) is 41.4 Å². The van der Waals surface area contributed by atoms with E-state index < -0.39 is 0 Å². The molecule has 0 aliphatic carbocycles. The first-order valence-corrected chi connectivity index (χ1v) is 5.20. The monoisotopic (exact) mass is 208 g/mol. The van der Waals surface area contributed by atoms with Gasteiger partial charge in [-0.05, 0) is 18.9 Å². The first-order chi connectivity index (χ1) is 6.77. The highest BCUT2D eigenvalue weighted by Crippen LogP contribution is 2.36. The summed E-state index contributed by atoms with van der Waals surface area (Å²) in [4.78, 5) is 0.